The lowest BCUT2D eigenvalue weighted by atomic mass is 9.99. The number of phosphoric acid groups is 2. The molecule has 3 unspecified atom stereocenters. The molecule has 0 bridgehead atoms. The second kappa shape index (κ2) is 56.1. The highest BCUT2D eigenvalue weighted by Crippen LogP contribution is 2.45. The summed E-state index contributed by atoms with van der Waals surface area (Å²) >= 11 is 0. The zero-order valence-corrected chi connectivity index (χ0v) is 57.0. The van der Waals surface area contributed by atoms with E-state index in [1.807, 2.05) is 0 Å². The lowest BCUT2D eigenvalue weighted by Crippen LogP contribution is -2.30. The summed E-state index contributed by atoms with van der Waals surface area (Å²) in [6, 6.07) is 0. The molecule has 0 aromatic carbocycles. The Bertz CT molecular complexity index is 1700. The van der Waals surface area contributed by atoms with Crippen LogP contribution >= 0.6 is 15.6 Å². The van der Waals surface area contributed by atoms with E-state index < -0.39 is 97.5 Å². The van der Waals surface area contributed by atoms with Crippen LogP contribution in [0.5, 0.6) is 0 Å². The number of aliphatic hydroxyl groups is 1. The minimum Gasteiger partial charge on any atom is -0.462 e. The average molecular weight is 1260 g/mol. The Morgan fingerprint density at radius 2 is 0.565 bits per heavy atom. The number of carbonyl (C=O) groups is 4. The largest absolute Gasteiger partial charge is 0.472 e. The van der Waals surface area contributed by atoms with Crippen LogP contribution in [-0.4, -0.2) is 96.7 Å². The fourth-order valence-corrected chi connectivity index (χ4v) is 11.3. The van der Waals surface area contributed by atoms with E-state index in [4.69, 9.17) is 37.0 Å². The molecular formula is C66H128O17P2. The van der Waals surface area contributed by atoms with Gasteiger partial charge in [-0.25, -0.2) is 9.13 Å². The highest BCUT2D eigenvalue weighted by molar-refractivity contribution is 7.47. The zero-order valence-electron chi connectivity index (χ0n) is 55.2. The third-order valence-corrected chi connectivity index (χ3v) is 17.3. The Morgan fingerprint density at radius 3 is 0.835 bits per heavy atom. The third-order valence-electron chi connectivity index (χ3n) is 15.4. The van der Waals surface area contributed by atoms with Crippen LogP contribution in [0.4, 0.5) is 0 Å². The molecule has 0 amide bonds. The third kappa shape index (κ3) is 59.5. The molecule has 19 heteroatoms. The van der Waals surface area contributed by atoms with Crippen molar-refractivity contribution in [2.45, 2.75) is 337 Å². The maximum Gasteiger partial charge on any atom is 0.472 e. The van der Waals surface area contributed by atoms with Crippen LogP contribution in [0.25, 0.3) is 0 Å². The summed E-state index contributed by atoms with van der Waals surface area (Å²) in [6.07, 6.45) is 36.4. The molecule has 0 saturated carbocycles. The van der Waals surface area contributed by atoms with Crippen molar-refractivity contribution in [2.24, 2.45) is 23.7 Å². The molecular weight excluding hydrogens is 1130 g/mol. The number of esters is 4. The van der Waals surface area contributed by atoms with E-state index >= 15 is 0 Å². The first-order valence-electron chi connectivity index (χ1n) is 34.2. The van der Waals surface area contributed by atoms with Crippen molar-refractivity contribution in [1.82, 2.24) is 0 Å². The maximum atomic E-state index is 13.0. The van der Waals surface area contributed by atoms with Crippen LogP contribution in [0.3, 0.4) is 0 Å². The summed E-state index contributed by atoms with van der Waals surface area (Å²) in [4.78, 5) is 72.3. The van der Waals surface area contributed by atoms with E-state index in [0.717, 1.165) is 108 Å². The molecule has 6 atom stereocenters. The smallest absolute Gasteiger partial charge is 0.462 e. The second-order valence-electron chi connectivity index (χ2n) is 25.5. The summed E-state index contributed by atoms with van der Waals surface area (Å²) in [5.74, 6) is 0.779. The van der Waals surface area contributed by atoms with Gasteiger partial charge in [-0.15, -0.1) is 0 Å². The number of rotatable bonds is 63. The number of carbonyl (C=O) groups excluding carboxylic acids is 4. The quantitative estimate of drug-likeness (QED) is 0.0222. The van der Waals surface area contributed by atoms with E-state index in [2.05, 4.69) is 55.4 Å². The fraction of sp³-hybridized carbons (Fsp3) is 0.939. The first kappa shape index (κ1) is 83.1. The van der Waals surface area contributed by atoms with Gasteiger partial charge < -0.3 is 33.8 Å². The number of hydrogen-bond donors (Lipinski definition) is 3. The molecule has 504 valence electrons. The predicted octanol–water partition coefficient (Wildman–Crippen LogP) is 18.1. The number of unbranched alkanes of at least 4 members (excludes halogenated alkanes) is 28. The summed E-state index contributed by atoms with van der Waals surface area (Å²) in [6.45, 7) is 14.0. The van der Waals surface area contributed by atoms with E-state index in [0.29, 0.717) is 37.5 Å². The normalized spacial score (nSPS) is 14.7. The number of ether oxygens (including phenoxy) is 4. The van der Waals surface area contributed by atoms with Gasteiger partial charge in [0.1, 0.15) is 19.3 Å². The van der Waals surface area contributed by atoms with Gasteiger partial charge in [-0.1, -0.05) is 267 Å². The first-order valence-corrected chi connectivity index (χ1v) is 37.2. The van der Waals surface area contributed by atoms with Gasteiger partial charge in [0.15, 0.2) is 12.2 Å². The molecule has 0 fully saturated rings. The summed E-state index contributed by atoms with van der Waals surface area (Å²) in [5.41, 5.74) is 0. The van der Waals surface area contributed by atoms with Crippen molar-refractivity contribution < 1.29 is 80.2 Å². The summed E-state index contributed by atoms with van der Waals surface area (Å²) in [7, 11) is -9.89. The molecule has 0 heterocycles. The molecule has 17 nitrogen and oxygen atoms in total. The molecule has 0 aliphatic rings. The van der Waals surface area contributed by atoms with Crippen LogP contribution in [0, 0.1) is 23.7 Å². The first-order chi connectivity index (χ1) is 40.6. The van der Waals surface area contributed by atoms with Crippen molar-refractivity contribution in [2.75, 3.05) is 39.6 Å². The second-order valence-corrected chi connectivity index (χ2v) is 28.4. The number of aliphatic hydroxyl groups excluding tert-OH is 1. The highest BCUT2D eigenvalue weighted by Gasteiger charge is 2.30. The highest BCUT2D eigenvalue weighted by atomic mass is 31.2. The Morgan fingerprint density at radius 1 is 0.329 bits per heavy atom. The average Bonchev–Trinajstić information content (AvgIpc) is 3.57. The molecule has 85 heavy (non-hydrogen) atoms. The van der Waals surface area contributed by atoms with Crippen LogP contribution in [-0.2, 0) is 65.4 Å². The molecule has 0 aliphatic carbocycles. The Labute approximate surface area is 517 Å². The van der Waals surface area contributed by atoms with Crippen LogP contribution < -0.4 is 0 Å². The fourth-order valence-electron chi connectivity index (χ4n) is 9.75. The summed E-state index contributed by atoms with van der Waals surface area (Å²) < 4.78 is 68.1. The molecule has 0 aromatic heterocycles. The van der Waals surface area contributed by atoms with Gasteiger partial charge in [-0.3, -0.25) is 37.3 Å². The van der Waals surface area contributed by atoms with Crippen LogP contribution in [0.1, 0.15) is 319 Å². The van der Waals surface area contributed by atoms with Gasteiger partial charge in [-0.05, 0) is 49.4 Å². The van der Waals surface area contributed by atoms with E-state index in [-0.39, 0.29) is 25.7 Å². The van der Waals surface area contributed by atoms with Crippen molar-refractivity contribution in [3.63, 3.8) is 0 Å². The maximum absolute atomic E-state index is 13.0. The standard InChI is InChI=1S/C66H128O17P2/c1-9-59(8)45-37-29-20-15-16-21-30-38-46-63(68)76-52-61(83-66(71)49-41-33-23-17-19-27-35-43-57(4)5)54-80-84(72,73)78-50-60(67)51-79-85(74,75)81-55-62(53-77-64(69)47-39-31-25-24-28-36-44-58(6)7)82-65(70)48-40-32-22-14-12-10-11-13-18-26-34-42-56(2)3/h56-62,67H,9-55H2,1-8H3,(H,72,73)(H,74,75)/t59?,60-,61-,62-/m1/s1. The van der Waals surface area contributed by atoms with Gasteiger partial charge in [0.2, 0.25) is 0 Å². The van der Waals surface area contributed by atoms with Gasteiger partial charge in [0.05, 0.1) is 26.4 Å². The van der Waals surface area contributed by atoms with Crippen LogP contribution in [0.15, 0.2) is 0 Å². The van der Waals surface area contributed by atoms with E-state index in [9.17, 15) is 43.2 Å². The number of hydrogen-bond acceptors (Lipinski definition) is 15. The Hall–Kier alpha value is -1.94. The molecule has 0 saturated heterocycles. The molecule has 0 aromatic rings. The van der Waals surface area contributed by atoms with E-state index in [1.165, 1.54) is 116 Å². The SMILES string of the molecule is CCC(C)CCCCCCCCCCC(=O)OC[C@H](COP(=O)(O)OC[C@@H](O)COP(=O)(O)OC[C@@H](COC(=O)CCCCCCCCC(C)C)OC(=O)CCCCCCCCCCCCCC(C)C)OC(=O)CCCCCCCCCC(C)C. The lowest BCUT2D eigenvalue weighted by molar-refractivity contribution is -0.161. The molecule has 0 radical (unpaired) electrons. The Balaban J connectivity index is 5.24. The van der Waals surface area contributed by atoms with Crippen molar-refractivity contribution in [1.29, 1.82) is 0 Å². The van der Waals surface area contributed by atoms with Crippen molar-refractivity contribution >= 4 is 39.5 Å². The molecule has 0 rings (SSSR count). The van der Waals surface area contributed by atoms with Gasteiger partial charge in [0.25, 0.3) is 0 Å². The van der Waals surface area contributed by atoms with E-state index in [1.54, 1.807) is 0 Å². The molecule has 3 N–H and O–H groups in total. The zero-order chi connectivity index (χ0) is 63.2. The minimum absolute atomic E-state index is 0.102. The summed E-state index contributed by atoms with van der Waals surface area (Å²) in [5, 5.41) is 10.5. The predicted molar refractivity (Wildman–Crippen MR) is 340 cm³/mol. The van der Waals surface area contributed by atoms with Crippen molar-refractivity contribution in [3.05, 3.63) is 0 Å². The minimum atomic E-state index is -4.95. The monoisotopic (exact) mass is 1250 g/mol. The molecule has 0 aliphatic heterocycles. The molecule has 0 spiro atoms. The van der Waals surface area contributed by atoms with Gasteiger partial charge in [0, 0.05) is 25.7 Å². The van der Waals surface area contributed by atoms with Crippen LogP contribution in [0.2, 0.25) is 0 Å². The van der Waals surface area contributed by atoms with Crippen molar-refractivity contribution in [3.8, 4) is 0 Å². The lowest BCUT2D eigenvalue weighted by Gasteiger charge is -2.21. The van der Waals surface area contributed by atoms with Gasteiger partial charge in [-0.2, -0.15) is 0 Å². The Kier molecular flexibility index (Phi) is 54.8. The number of phosphoric ester groups is 2. The topological polar surface area (TPSA) is 237 Å². The van der Waals surface area contributed by atoms with Gasteiger partial charge >= 0.3 is 39.5 Å².